The van der Waals surface area contributed by atoms with Crippen molar-refractivity contribution >= 4 is 11.4 Å². The van der Waals surface area contributed by atoms with Gasteiger partial charge in [-0.05, 0) is 26.8 Å². The Hall–Kier alpha value is -2.44. The van der Waals surface area contributed by atoms with E-state index in [0.29, 0.717) is 11.4 Å². The number of nitro benzene ring substituents is 1. The zero-order valence-corrected chi connectivity index (χ0v) is 11.3. The largest absolute Gasteiger partial charge is 0.378 e. The third-order valence-corrected chi connectivity index (χ3v) is 3.00. The quantitative estimate of drug-likeness (QED) is 0.684. The summed E-state index contributed by atoms with van der Waals surface area (Å²) in [4.78, 5) is 10.1. The van der Waals surface area contributed by atoms with Crippen molar-refractivity contribution in [3.8, 4) is 0 Å². The summed E-state index contributed by atoms with van der Waals surface area (Å²) in [6.45, 7) is 5.43. The average Bonchev–Trinajstić information content (AvgIpc) is 2.68. The SMILES string of the molecule is Cc1noc(C)c1C(C)Nc1cc(F)cc([N+](=O)[O-])c1. The Labute approximate surface area is 114 Å². The molecule has 0 radical (unpaired) electrons. The molecule has 0 saturated carbocycles. The summed E-state index contributed by atoms with van der Waals surface area (Å²) in [5.41, 5.74) is 1.63. The summed E-state index contributed by atoms with van der Waals surface area (Å²) in [6.07, 6.45) is 0. The normalized spacial score (nSPS) is 12.2. The predicted molar refractivity (Wildman–Crippen MR) is 71.1 cm³/mol. The number of non-ortho nitro benzene ring substituents is 1. The number of rotatable bonds is 4. The molecule has 0 spiro atoms. The fourth-order valence-corrected chi connectivity index (χ4v) is 2.19. The molecular formula is C13H14FN3O3. The van der Waals surface area contributed by atoms with Gasteiger partial charge in [-0.2, -0.15) is 0 Å². The zero-order valence-electron chi connectivity index (χ0n) is 11.3. The van der Waals surface area contributed by atoms with Gasteiger partial charge in [-0.15, -0.1) is 0 Å². The molecular weight excluding hydrogens is 265 g/mol. The van der Waals surface area contributed by atoms with Crippen LogP contribution in [-0.2, 0) is 0 Å². The summed E-state index contributed by atoms with van der Waals surface area (Å²) in [5.74, 6) is 0.000986. The highest BCUT2D eigenvalue weighted by Gasteiger charge is 2.17. The zero-order chi connectivity index (χ0) is 14.9. The van der Waals surface area contributed by atoms with E-state index in [2.05, 4.69) is 10.5 Å². The Morgan fingerprint density at radius 3 is 2.65 bits per heavy atom. The van der Waals surface area contributed by atoms with E-state index in [-0.39, 0.29) is 11.7 Å². The van der Waals surface area contributed by atoms with Gasteiger partial charge in [0.2, 0.25) is 0 Å². The van der Waals surface area contributed by atoms with Gasteiger partial charge in [0.05, 0.1) is 22.7 Å². The first-order valence-electron chi connectivity index (χ1n) is 6.02. The van der Waals surface area contributed by atoms with Gasteiger partial charge in [-0.25, -0.2) is 4.39 Å². The van der Waals surface area contributed by atoms with E-state index in [1.807, 2.05) is 6.92 Å². The van der Waals surface area contributed by atoms with E-state index in [4.69, 9.17) is 4.52 Å². The van der Waals surface area contributed by atoms with Crippen LogP contribution in [0.3, 0.4) is 0 Å². The maximum atomic E-state index is 13.4. The van der Waals surface area contributed by atoms with Gasteiger partial charge in [-0.1, -0.05) is 5.16 Å². The molecule has 1 N–H and O–H groups in total. The van der Waals surface area contributed by atoms with Crippen LogP contribution in [0.25, 0.3) is 0 Å². The van der Waals surface area contributed by atoms with Crippen LogP contribution in [0.1, 0.15) is 30.0 Å². The number of nitrogens with one attached hydrogen (secondary N) is 1. The molecule has 0 fully saturated rings. The van der Waals surface area contributed by atoms with E-state index in [1.165, 1.54) is 12.1 Å². The summed E-state index contributed by atoms with van der Waals surface area (Å²) < 4.78 is 18.4. The van der Waals surface area contributed by atoms with Crippen molar-refractivity contribution in [2.75, 3.05) is 5.32 Å². The van der Waals surface area contributed by atoms with Crippen LogP contribution in [0.5, 0.6) is 0 Å². The van der Waals surface area contributed by atoms with Crippen molar-refractivity contribution in [1.82, 2.24) is 5.16 Å². The molecule has 2 rings (SSSR count). The second kappa shape index (κ2) is 5.28. The molecule has 0 bridgehead atoms. The average molecular weight is 279 g/mol. The topological polar surface area (TPSA) is 81.2 Å². The molecule has 1 aromatic carbocycles. The van der Waals surface area contributed by atoms with Crippen molar-refractivity contribution in [3.63, 3.8) is 0 Å². The third-order valence-electron chi connectivity index (χ3n) is 3.00. The first-order valence-corrected chi connectivity index (χ1v) is 6.02. The Kier molecular flexibility index (Phi) is 3.69. The fraction of sp³-hybridized carbons (Fsp3) is 0.308. The standard InChI is InChI=1S/C13H14FN3O3/c1-7(13-8(2)16-20-9(13)3)15-11-4-10(14)5-12(6-11)17(18)19/h4-7,15H,1-3H3. The molecule has 7 heteroatoms. The van der Waals surface area contributed by atoms with Gasteiger partial charge in [-0.3, -0.25) is 10.1 Å². The molecule has 0 aliphatic carbocycles. The summed E-state index contributed by atoms with van der Waals surface area (Å²) in [7, 11) is 0. The highest BCUT2D eigenvalue weighted by molar-refractivity contribution is 5.53. The van der Waals surface area contributed by atoms with Crippen LogP contribution in [0.4, 0.5) is 15.8 Å². The summed E-state index contributed by atoms with van der Waals surface area (Å²) in [5, 5.41) is 17.6. The molecule has 1 aromatic heterocycles. The van der Waals surface area contributed by atoms with Crippen molar-refractivity contribution in [1.29, 1.82) is 0 Å². The van der Waals surface area contributed by atoms with E-state index in [1.54, 1.807) is 13.8 Å². The number of hydrogen-bond donors (Lipinski definition) is 1. The molecule has 0 aliphatic heterocycles. The minimum atomic E-state index is -0.660. The lowest BCUT2D eigenvalue weighted by Gasteiger charge is -2.15. The molecule has 1 heterocycles. The minimum absolute atomic E-state index is 0.206. The van der Waals surface area contributed by atoms with Crippen LogP contribution in [0.15, 0.2) is 22.7 Å². The highest BCUT2D eigenvalue weighted by Crippen LogP contribution is 2.27. The van der Waals surface area contributed by atoms with Crippen LogP contribution >= 0.6 is 0 Å². The van der Waals surface area contributed by atoms with Crippen LogP contribution in [0, 0.1) is 29.8 Å². The number of hydrogen-bond acceptors (Lipinski definition) is 5. The third kappa shape index (κ3) is 2.76. The molecule has 106 valence electrons. The molecule has 20 heavy (non-hydrogen) atoms. The van der Waals surface area contributed by atoms with Crippen molar-refractivity contribution in [3.05, 3.63) is 51.1 Å². The number of benzene rings is 1. The molecule has 1 unspecified atom stereocenters. The molecule has 0 aliphatic rings. The second-order valence-electron chi connectivity index (χ2n) is 4.56. The Bertz CT molecular complexity index is 635. The number of nitrogens with zero attached hydrogens (tertiary/aromatic N) is 2. The molecule has 2 aromatic rings. The number of nitro groups is 1. The summed E-state index contributed by atoms with van der Waals surface area (Å²) >= 11 is 0. The summed E-state index contributed by atoms with van der Waals surface area (Å²) in [6, 6.07) is 3.17. The second-order valence-corrected chi connectivity index (χ2v) is 4.56. The predicted octanol–water partition coefficient (Wildman–Crippen LogP) is 3.51. The smallest absolute Gasteiger partial charge is 0.274 e. The first kappa shape index (κ1) is 14.0. The van der Waals surface area contributed by atoms with Gasteiger partial charge in [0.25, 0.3) is 5.69 Å². The van der Waals surface area contributed by atoms with Crippen LogP contribution in [-0.4, -0.2) is 10.1 Å². The van der Waals surface area contributed by atoms with Gasteiger partial charge in [0.1, 0.15) is 11.6 Å². The van der Waals surface area contributed by atoms with E-state index in [0.717, 1.165) is 17.3 Å². The van der Waals surface area contributed by atoms with E-state index >= 15 is 0 Å². The minimum Gasteiger partial charge on any atom is -0.378 e. The number of aromatic nitrogens is 1. The highest BCUT2D eigenvalue weighted by atomic mass is 19.1. The van der Waals surface area contributed by atoms with E-state index < -0.39 is 10.7 Å². The van der Waals surface area contributed by atoms with Crippen molar-refractivity contribution < 1.29 is 13.8 Å². The molecule has 0 amide bonds. The molecule has 6 nitrogen and oxygen atoms in total. The van der Waals surface area contributed by atoms with Crippen LogP contribution in [0.2, 0.25) is 0 Å². The lowest BCUT2D eigenvalue weighted by molar-refractivity contribution is -0.385. The van der Waals surface area contributed by atoms with Crippen molar-refractivity contribution in [2.24, 2.45) is 0 Å². The lowest BCUT2D eigenvalue weighted by Crippen LogP contribution is -2.09. The van der Waals surface area contributed by atoms with E-state index in [9.17, 15) is 14.5 Å². The van der Waals surface area contributed by atoms with Gasteiger partial charge < -0.3 is 9.84 Å². The Morgan fingerprint density at radius 2 is 2.10 bits per heavy atom. The lowest BCUT2D eigenvalue weighted by atomic mass is 10.1. The Balaban J connectivity index is 2.28. The molecule has 0 saturated heterocycles. The van der Waals surface area contributed by atoms with Crippen molar-refractivity contribution in [2.45, 2.75) is 26.8 Å². The fourth-order valence-electron chi connectivity index (χ4n) is 2.19. The molecule has 1 atom stereocenters. The number of aryl methyl sites for hydroxylation is 2. The maximum Gasteiger partial charge on any atom is 0.274 e. The number of anilines is 1. The van der Waals surface area contributed by atoms with Gasteiger partial charge in [0.15, 0.2) is 0 Å². The van der Waals surface area contributed by atoms with Gasteiger partial charge in [0, 0.05) is 17.3 Å². The monoisotopic (exact) mass is 279 g/mol. The Morgan fingerprint density at radius 1 is 1.40 bits per heavy atom. The van der Waals surface area contributed by atoms with Gasteiger partial charge >= 0.3 is 0 Å². The van der Waals surface area contributed by atoms with Crippen LogP contribution < -0.4 is 5.32 Å². The first-order chi connectivity index (χ1) is 9.38. The number of halogens is 1. The maximum absolute atomic E-state index is 13.4.